The summed E-state index contributed by atoms with van der Waals surface area (Å²) >= 11 is 2.68. The van der Waals surface area contributed by atoms with Crippen LogP contribution in [0.25, 0.3) is 10.8 Å². The number of rotatable bonds is 7. The minimum Gasteiger partial charge on any atom is -0.410 e. The van der Waals surface area contributed by atoms with E-state index in [2.05, 4.69) is 15.5 Å². The van der Waals surface area contributed by atoms with Crippen LogP contribution in [0.2, 0.25) is 0 Å². The van der Waals surface area contributed by atoms with E-state index in [4.69, 9.17) is 4.42 Å². The minimum atomic E-state index is -0.156. The Hall–Kier alpha value is -1.87. The second-order valence-electron chi connectivity index (χ2n) is 5.23. The lowest BCUT2D eigenvalue weighted by Crippen LogP contribution is -2.39. The number of thiophene rings is 1. The van der Waals surface area contributed by atoms with E-state index in [1.165, 1.54) is 28.0 Å². The monoisotopic (exact) mass is 352 g/mol. The molecule has 2 aromatic rings. The predicted octanol–water partition coefficient (Wildman–Crippen LogP) is 1.63. The smallest absolute Gasteiger partial charge is 0.277 e. The average molecular weight is 352 g/mol. The lowest BCUT2D eigenvalue weighted by Gasteiger charge is -2.15. The molecule has 1 aliphatic rings. The van der Waals surface area contributed by atoms with Gasteiger partial charge in [-0.05, 0) is 24.3 Å². The molecule has 0 spiro atoms. The Morgan fingerprint density at radius 1 is 1.48 bits per heavy atom. The largest absolute Gasteiger partial charge is 0.410 e. The van der Waals surface area contributed by atoms with Crippen LogP contribution >= 0.6 is 23.1 Å². The van der Waals surface area contributed by atoms with Crippen molar-refractivity contribution in [2.45, 2.75) is 24.1 Å². The first-order valence-corrected chi connectivity index (χ1v) is 9.02. The van der Waals surface area contributed by atoms with Gasteiger partial charge in [-0.3, -0.25) is 9.59 Å². The van der Waals surface area contributed by atoms with E-state index in [0.717, 1.165) is 17.7 Å². The lowest BCUT2D eigenvalue weighted by molar-refractivity contribution is -0.132. The summed E-state index contributed by atoms with van der Waals surface area (Å²) in [5, 5.41) is 13.0. The summed E-state index contributed by atoms with van der Waals surface area (Å²) in [5.74, 6) is 0.328. The number of thioether (sulfide) groups is 1. The quantitative estimate of drug-likeness (QED) is 0.762. The molecular weight excluding hydrogens is 336 g/mol. The van der Waals surface area contributed by atoms with E-state index in [1.807, 2.05) is 17.5 Å². The Morgan fingerprint density at radius 2 is 2.30 bits per heavy atom. The number of hydrogen-bond donors (Lipinski definition) is 1. The molecule has 2 aromatic heterocycles. The van der Waals surface area contributed by atoms with E-state index < -0.39 is 0 Å². The summed E-state index contributed by atoms with van der Waals surface area (Å²) in [6, 6.07) is 4.10. The standard InChI is InChI=1S/C14H16N4O3S2/c1-18(7-11(19)15-9-4-5-9)12(20)8-23-14-17-16-13(21-14)10-3-2-6-22-10/h2-3,6,9H,4-5,7-8H2,1H3,(H,15,19). The lowest BCUT2D eigenvalue weighted by atomic mass is 10.5. The third kappa shape index (κ3) is 4.55. The molecule has 1 fully saturated rings. The van der Waals surface area contributed by atoms with Crippen molar-refractivity contribution in [3.05, 3.63) is 17.5 Å². The first kappa shape index (κ1) is 16.0. The molecule has 0 atom stereocenters. The number of carbonyl (C=O) groups is 2. The van der Waals surface area contributed by atoms with E-state index in [1.54, 1.807) is 7.05 Å². The summed E-state index contributed by atoms with van der Waals surface area (Å²) < 4.78 is 5.50. The van der Waals surface area contributed by atoms with Crippen LogP contribution < -0.4 is 5.32 Å². The molecule has 3 rings (SSSR count). The van der Waals surface area contributed by atoms with Gasteiger partial charge in [-0.15, -0.1) is 21.5 Å². The fourth-order valence-corrected chi connectivity index (χ4v) is 3.15. The first-order chi connectivity index (χ1) is 11.1. The average Bonchev–Trinajstić information content (AvgIpc) is 3.03. The molecule has 23 heavy (non-hydrogen) atoms. The number of likely N-dealkylation sites (N-methyl/N-ethyl adjacent to an activating group) is 1. The van der Waals surface area contributed by atoms with Crippen molar-refractivity contribution in [3.63, 3.8) is 0 Å². The highest BCUT2D eigenvalue weighted by molar-refractivity contribution is 7.99. The molecular formula is C14H16N4O3S2. The van der Waals surface area contributed by atoms with Crippen LogP contribution in [0.1, 0.15) is 12.8 Å². The number of carbonyl (C=O) groups excluding carboxylic acids is 2. The van der Waals surface area contributed by atoms with Gasteiger partial charge in [0, 0.05) is 13.1 Å². The third-order valence-corrected chi connectivity index (χ3v) is 4.87. The zero-order chi connectivity index (χ0) is 16.2. The summed E-state index contributed by atoms with van der Waals surface area (Å²) in [6.07, 6.45) is 2.06. The Balaban J connectivity index is 1.45. The molecule has 7 nitrogen and oxygen atoms in total. The number of amides is 2. The van der Waals surface area contributed by atoms with E-state index in [0.29, 0.717) is 17.2 Å². The fraction of sp³-hybridized carbons (Fsp3) is 0.429. The van der Waals surface area contributed by atoms with Crippen molar-refractivity contribution in [1.29, 1.82) is 0 Å². The van der Waals surface area contributed by atoms with Crippen molar-refractivity contribution in [2.75, 3.05) is 19.3 Å². The fourth-order valence-electron chi connectivity index (χ4n) is 1.81. The Labute approximate surface area is 141 Å². The van der Waals surface area contributed by atoms with E-state index >= 15 is 0 Å². The molecule has 0 aliphatic heterocycles. The molecule has 0 unspecified atom stereocenters. The van der Waals surface area contributed by atoms with Gasteiger partial charge in [0.15, 0.2) is 0 Å². The summed E-state index contributed by atoms with van der Waals surface area (Å²) in [5.41, 5.74) is 0. The highest BCUT2D eigenvalue weighted by Crippen LogP contribution is 2.26. The van der Waals surface area contributed by atoms with Crippen molar-refractivity contribution >= 4 is 34.9 Å². The molecule has 1 aliphatic carbocycles. The highest BCUT2D eigenvalue weighted by Gasteiger charge is 2.24. The normalized spacial score (nSPS) is 13.8. The molecule has 2 heterocycles. The topological polar surface area (TPSA) is 88.3 Å². The van der Waals surface area contributed by atoms with Crippen LogP contribution in [0.15, 0.2) is 27.2 Å². The van der Waals surface area contributed by atoms with Gasteiger partial charge in [0.2, 0.25) is 11.8 Å². The van der Waals surface area contributed by atoms with Crippen molar-refractivity contribution in [3.8, 4) is 10.8 Å². The highest BCUT2D eigenvalue weighted by atomic mass is 32.2. The van der Waals surface area contributed by atoms with Crippen LogP contribution in [0.4, 0.5) is 0 Å². The zero-order valence-electron chi connectivity index (χ0n) is 12.5. The van der Waals surface area contributed by atoms with E-state index in [-0.39, 0.29) is 24.1 Å². The number of nitrogens with zero attached hydrogens (tertiary/aromatic N) is 3. The molecule has 9 heteroatoms. The van der Waals surface area contributed by atoms with Crippen molar-refractivity contribution in [1.82, 2.24) is 20.4 Å². The number of hydrogen-bond acceptors (Lipinski definition) is 7. The van der Waals surface area contributed by atoms with Crippen molar-refractivity contribution < 1.29 is 14.0 Å². The predicted molar refractivity (Wildman–Crippen MR) is 87.1 cm³/mol. The molecule has 0 radical (unpaired) electrons. The zero-order valence-corrected chi connectivity index (χ0v) is 14.2. The third-order valence-electron chi connectivity index (χ3n) is 3.21. The maximum absolute atomic E-state index is 12.0. The van der Waals surface area contributed by atoms with Crippen LogP contribution in [0, 0.1) is 0 Å². The maximum atomic E-state index is 12.0. The summed E-state index contributed by atoms with van der Waals surface area (Å²) in [4.78, 5) is 26.0. The van der Waals surface area contributed by atoms with Gasteiger partial charge in [0.05, 0.1) is 17.2 Å². The Bertz CT molecular complexity index is 682. The summed E-state index contributed by atoms with van der Waals surface area (Å²) in [6.45, 7) is 0.0696. The molecule has 0 saturated heterocycles. The van der Waals surface area contributed by atoms with Gasteiger partial charge in [-0.1, -0.05) is 17.8 Å². The van der Waals surface area contributed by atoms with Gasteiger partial charge in [0.1, 0.15) is 0 Å². The van der Waals surface area contributed by atoms with Crippen molar-refractivity contribution in [2.24, 2.45) is 0 Å². The van der Waals surface area contributed by atoms with Crippen LogP contribution in [-0.4, -0.2) is 52.3 Å². The maximum Gasteiger partial charge on any atom is 0.277 e. The van der Waals surface area contributed by atoms with Crippen LogP contribution in [0.3, 0.4) is 0 Å². The summed E-state index contributed by atoms with van der Waals surface area (Å²) in [7, 11) is 1.61. The number of aromatic nitrogens is 2. The Morgan fingerprint density at radius 3 is 3.00 bits per heavy atom. The van der Waals surface area contributed by atoms with Crippen LogP contribution in [0.5, 0.6) is 0 Å². The second-order valence-corrected chi connectivity index (χ2v) is 7.10. The molecule has 122 valence electrons. The number of nitrogens with one attached hydrogen (secondary N) is 1. The molecule has 1 saturated carbocycles. The van der Waals surface area contributed by atoms with Crippen LogP contribution in [-0.2, 0) is 9.59 Å². The molecule has 0 aromatic carbocycles. The molecule has 2 amide bonds. The van der Waals surface area contributed by atoms with Gasteiger partial charge in [0.25, 0.3) is 11.1 Å². The molecule has 0 bridgehead atoms. The van der Waals surface area contributed by atoms with Gasteiger partial charge in [-0.25, -0.2) is 0 Å². The first-order valence-electron chi connectivity index (χ1n) is 7.15. The van der Waals surface area contributed by atoms with Gasteiger partial charge < -0.3 is 14.6 Å². The Kier molecular flexibility index (Phi) is 4.97. The molecule has 1 N–H and O–H groups in total. The van der Waals surface area contributed by atoms with E-state index in [9.17, 15) is 9.59 Å². The van der Waals surface area contributed by atoms with Gasteiger partial charge >= 0.3 is 0 Å². The minimum absolute atomic E-state index is 0.0696. The second kappa shape index (κ2) is 7.14. The van der Waals surface area contributed by atoms with Gasteiger partial charge in [-0.2, -0.15) is 0 Å². The SMILES string of the molecule is CN(CC(=O)NC1CC1)C(=O)CSc1nnc(-c2cccs2)o1.